The van der Waals surface area contributed by atoms with Gasteiger partial charge in [0.05, 0.1) is 16.4 Å². The highest BCUT2D eigenvalue weighted by molar-refractivity contribution is 7.14. The maximum Gasteiger partial charge on any atom is 0.266 e. The number of aryl methyl sites for hydroxylation is 1. The summed E-state index contributed by atoms with van der Waals surface area (Å²) < 4.78 is 0. The Morgan fingerprint density at radius 1 is 1.45 bits per heavy atom. The van der Waals surface area contributed by atoms with Crippen LogP contribution in [0.15, 0.2) is 30.5 Å². The predicted molar refractivity (Wildman–Crippen MR) is 79.8 cm³/mol. The molecule has 20 heavy (non-hydrogen) atoms. The molecule has 0 saturated carbocycles. The number of nitrogens with one attached hydrogen (secondary N) is 1. The zero-order valence-electron chi connectivity index (χ0n) is 11.0. The van der Waals surface area contributed by atoms with Crippen LogP contribution in [0.2, 0.25) is 0 Å². The van der Waals surface area contributed by atoms with Gasteiger partial charge in [-0.15, -0.1) is 11.3 Å². The fourth-order valence-corrected chi connectivity index (χ4v) is 2.29. The topological polar surface area (TPSA) is 62.2 Å². The summed E-state index contributed by atoms with van der Waals surface area (Å²) in [6.07, 6.45) is 2.08. The van der Waals surface area contributed by atoms with Crippen LogP contribution in [0.5, 0.6) is 0 Å². The number of amides is 1. The molecule has 0 spiro atoms. The summed E-state index contributed by atoms with van der Waals surface area (Å²) in [5.41, 5.74) is 0.917. The number of aliphatic hydroxyl groups excluding tert-OH is 1. The Kier molecular flexibility index (Phi) is 4.88. The second-order valence-corrected chi connectivity index (χ2v) is 5.15. The molecule has 0 saturated heterocycles. The van der Waals surface area contributed by atoms with Crippen molar-refractivity contribution in [3.05, 3.63) is 45.8 Å². The zero-order chi connectivity index (χ0) is 14.4. The van der Waals surface area contributed by atoms with E-state index in [-0.39, 0.29) is 12.5 Å². The summed E-state index contributed by atoms with van der Waals surface area (Å²) in [4.78, 5) is 17.6. The normalized spacial score (nSPS) is 9.70. The van der Waals surface area contributed by atoms with Crippen molar-refractivity contribution in [2.75, 3.05) is 11.9 Å². The maximum atomic E-state index is 12.1. The summed E-state index contributed by atoms with van der Waals surface area (Å²) in [6, 6.07) is 7.25. The molecule has 0 aliphatic rings. The summed E-state index contributed by atoms with van der Waals surface area (Å²) in [7, 11) is 0. The minimum Gasteiger partial charge on any atom is -0.395 e. The first kappa shape index (κ1) is 14.3. The minimum atomic E-state index is -0.188. The average Bonchev–Trinajstić information content (AvgIpc) is 2.91. The number of pyridine rings is 1. The maximum absolute atomic E-state index is 12.1. The van der Waals surface area contributed by atoms with Crippen LogP contribution >= 0.6 is 11.3 Å². The van der Waals surface area contributed by atoms with E-state index in [0.29, 0.717) is 17.1 Å². The van der Waals surface area contributed by atoms with Crippen molar-refractivity contribution in [3.8, 4) is 11.8 Å². The second-order valence-electron chi connectivity index (χ2n) is 4.06. The van der Waals surface area contributed by atoms with Gasteiger partial charge in [0, 0.05) is 12.6 Å². The molecule has 0 fully saturated rings. The lowest BCUT2D eigenvalue weighted by Crippen LogP contribution is -2.12. The molecule has 4 nitrogen and oxygen atoms in total. The molecule has 0 bridgehead atoms. The lowest BCUT2D eigenvalue weighted by molar-refractivity contribution is 0.103. The van der Waals surface area contributed by atoms with Crippen LogP contribution < -0.4 is 5.32 Å². The van der Waals surface area contributed by atoms with E-state index in [1.54, 1.807) is 18.3 Å². The monoisotopic (exact) mass is 286 g/mol. The Hall–Kier alpha value is -2.16. The molecule has 1 amide bonds. The molecule has 0 unspecified atom stereocenters. The molecule has 0 radical (unpaired) electrons. The Labute approximate surface area is 121 Å². The number of carbonyl (C=O) groups is 1. The van der Waals surface area contributed by atoms with Crippen LogP contribution in [0, 0.1) is 18.8 Å². The van der Waals surface area contributed by atoms with Gasteiger partial charge in [-0.1, -0.05) is 17.9 Å². The molecular formula is C15H14N2O2S. The molecule has 0 aliphatic heterocycles. The van der Waals surface area contributed by atoms with Gasteiger partial charge in [0.2, 0.25) is 0 Å². The number of aromatic nitrogens is 1. The van der Waals surface area contributed by atoms with Crippen molar-refractivity contribution in [1.29, 1.82) is 0 Å². The molecule has 102 valence electrons. The quantitative estimate of drug-likeness (QED) is 0.852. The molecule has 2 aromatic heterocycles. The molecule has 5 heteroatoms. The van der Waals surface area contributed by atoms with E-state index >= 15 is 0 Å². The van der Waals surface area contributed by atoms with Gasteiger partial charge in [0.15, 0.2) is 0 Å². The lowest BCUT2D eigenvalue weighted by atomic mass is 10.3. The second kappa shape index (κ2) is 6.85. The first-order valence-corrected chi connectivity index (χ1v) is 6.95. The van der Waals surface area contributed by atoms with E-state index in [1.165, 1.54) is 11.3 Å². The number of hydrogen-bond acceptors (Lipinski definition) is 4. The molecule has 2 rings (SSSR count). The first-order valence-electron chi connectivity index (χ1n) is 6.13. The van der Waals surface area contributed by atoms with E-state index in [9.17, 15) is 4.79 Å². The van der Waals surface area contributed by atoms with Gasteiger partial charge in [0.25, 0.3) is 5.91 Å². The van der Waals surface area contributed by atoms with E-state index in [1.807, 2.05) is 19.1 Å². The fraction of sp³-hybridized carbons (Fsp3) is 0.200. The highest BCUT2D eigenvalue weighted by atomic mass is 32.1. The lowest BCUT2D eigenvalue weighted by Gasteiger charge is -2.04. The zero-order valence-corrected chi connectivity index (χ0v) is 11.8. The standard InChI is InChI=1S/C15H14N2O2S/c1-11-5-4-9-16-14(11)17-15(19)13-8-7-12(20-13)6-2-3-10-18/h4-5,7-9,18H,3,10H2,1H3,(H,16,17,19). The number of carbonyl (C=O) groups excluding carboxylic acids is 1. The van der Waals surface area contributed by atoms with E-state index < -0.39 is 0 Å². The van der Waals surface area contributed by atoms with Crippen molar-refractivity contribution in [3.63, 3.8) is 0 Å². The first-order chi connectivity index (χ1) is 9.70. The van der Waals surface area contributed by atoms with Crippen molar-refractivity contribution in [1.82, 2.24) is 4.98 Å². The summed E-state index contributed by atoms with van der Waals surface area (Å²) >= 11 is 1.32. The smallest absolute Gasteiger partial charge is 0.266 e. The summed E-state index contributed by atoms with van der Waals surface area (Å²) in [5.74, 6) is 6.12. The SMILES string of the molecule is Cc1cccnc1NC(=O)c1ccc(C#CCCO)s1. The molecule has 2 heterocycles. The largest absolute Gasteiger partial charge is 0.395 e. The predicted octanol–water partition coefficient (Wildman–Crippen LogP) is 2.44. The van der Waals surface area contributed by atoms with Gasteiger partial charge in [0.1, 0.15) is 5.82 Å². The van der Waals surface area contributed by atoms with Crippen LogP contribution in [-0.4, -0.2) is 22.6 Å². The van der Waals surface area contributed by atoms with Crippen LogP contribution in [0.4, 0.5) is 5.82 Å². The molecule has 0 atom stereocenters. The summed E-state index contributed by atoms with van der Waals surface area (Å²) in [6.45, 7) is 1.94. The van der Waals surface area contributed by atoms with Gasteiger partial charge < -0.3 is 10.4 Å². The fourth-order valence-electron chi connectivity index (χ4n) is 1.52. The molecule has 2 N–H and O–H groups in total. The van der Waals surface area contributed by atoms with Gasteiger partial charge in [-0.3, -0.25) is 4.79 Å². The minimum absolute atomic E-state index is 0.0463. The van der Waals surface area contributed by atoms with Crippen molar-refractivity contribution in [2.45, 2.75) is 13.3 Å². The molecule has 0 aliphatic carbocycles. The van der Waals surface area contributed by atoms with Crippen molar-refractivity contribution < 1.29 is 9.90 Å². The average molecular weight is 286 g/mol. The Morgan fingerprint density at radius 3 is 3.05 bits per heavy atom. The van der Waals surface area contributed by atoms with Crippen molar-refractivity contribution >= 4 is 23.1 Å². The number of anilines is 1. The Balaban J connectivity index is 2.07. The number of rotatable bonds is 3. The highest BCUT2D eigenvalue weighted by Crippen LogP contribution is 2.18. The number of hydrogen-bond donors (Lipinski definition) is 2. The van der Waals surface area contributed by atoms with Gasteiger partial charge in [-0.05, 0) is 30.7 Å². The van der Waals surface area contributed by atoms with Crippen molar-refractivity contribution in [2.24, 2.45) is 0 Å². The highest BCUT2D eigenvalue weighted by Gasteiger charge is 2.10. The number of nitrogens with zero attached hydrogens (tertiary/aromatic N) is 1. The molecular weight excluding hydrogens is 272 g/mol. The number of thiophene rings is 1. The van der Waals surface area contributed by atoms with Gasteiger partial charge in [-0.25, -0.2) is 4.98 Å². The third-order valence-corrected chi connectivity index (χ3v) is 3.52. The third-order valence-electron chi connectivity index (χ3n) is 2.52. The van der Waals surface area contributed by atoms with Gasteiger partial charge >= 0.3 is 0 Å². The third kappa shape index (κ3) is 3.67. The van der Waals surface area contributed by atoms with Crippen LogP contribution in [-0.2, 0) is 0 Å². The van der Waals surface area contributed by atoms with E-state index in [2.05, 4.69) is 22.1 Å². The van der Waals surface area contributed by atoms with Gasteiger partial charge in [-0.2, -0.15) is 0 Å². The van der Waals surface area contributed by atoms with E-state index in [4.69, 9.17) is 5.11 Å². The Morgan fingerprint density at radius 2 is 2.30 bits per heavy atom. The summed E-state index contributed by atoms with van der Waals surface area (Å²) in [5, 5.41) is 11.4. The molecule has 0 aromatic carbocycles. The number of aliphatic hydroxyl groups is 1. The van der Waals surface area contributed by atoms with E-state index in [0.717, 1.165) is 10.4 Å². The van der Waals surface area contributed by atoms with Crippen LogP contribution in [0.1, 0.15) is 26.5 Å². The van der Waals surface area contributed by atoms with Crippen LogP contribution in [0.25, 0.3) is 0 Å². The molecule has 2 aromatic rings. The van der Waals surface area contributed by atoms with Crippen LogP contribution in [0.3, 0.4) is 0 Å². The Bertz CT molecular complexity index is 668.